The molecule has 1 aromatic rings. The second kappa shape index (κ2) is 4.74. The normalized spacial score (nSPS) is 23.7. The number of rotatable bonds is 4. The zero-order chi connectivity index (χ0) is 11.5. The van der Waals surface area contributed by atoms with Gasteiger partial charge in [-0.15, -0.1) is 0 Å². The van der Waals surface area contributed by atoms with Crippen LogP contribution in [0.1, 0.15) is 24.3 Å². The van der Waals surface area contributed by atoms with Gasteiger partial charge in [0, 0.05) is 5.56 Å². The molecule has 1 aliphatic rings. The largest absolute Gasteiger partial charge is 0.497 e. The summed E-state index contributed by atoms with van der Waals surface area (Å²) in [5.41, 5.74) is 6.99. The van der Waals surface area contributed by atoms with Gasteiger partial charge in [-0.25, -0.2) is 0 Å². The third kappa shape index (κ3) is 1.87. The van der Waals surface area contributed by atoms with Crippen molar-refractivity contribution in [3.05, 3.63) is 23.8 Å². The fourth-order valence-electron chi connectivity index (χ4n) is 2.39. The standard InChI is InChI=1S/C13H19NO2/c1-15-10-4-6-13(16-2)12(7-10)11-5-3-9(11)8-14/h4,6-7,9,11H,3,5,8,14H2,1-2H3. The van der Waals surface area contributed by atoms with Gasteiger partial charge in [-0.1, -0.05) is 0 Å². The first-order valence-corrected chi connectivity index (χ1v) is 5.72. The van der Waals surface area contributed by atoms with Gasteiger partial charge in [0.25, 0.3) is 0 Å². The predicted molar refractivity (Wildman–Crippen MR) is 64.1 cm³/mol. The molecule has 3 heteroatoms. The molecule has 0 aromatic heterocycles. The van der Waals surface area contributed by atoms with Crippen molar-refractivity contribution in [3.8, 4) is 11.5 Å². The van der Waals surface area contributed by atoms with E-state index in [1.807, 2.05) is 12.1 Å². The summed E-state index contributed by atoms with van der Waals surface area (Å²) in [6, 6.07) is 5.98. The average Bonchev–Trinajstić information content (AvgIpc) is 2.28. The third-order valence-corrected chi connectivity index (χ3v) is 3.56. The monoisotopic (exact) mass is 221 g/mol. The van der Waals surface area contributed by atoms with Gasteiger partial charge >= 0.3 is 0 Å². The van der Waals surface area contributed by atoms with Crippen LogP contribution in [-0.4, -0.2) is 20.8 Å². The van der Waals surface area contributed by atoms with E-state index in [0.29, 0.717) is 11.8 Å². The Kier molecular flexibility index (Phi) is 3.34. The lowest BCUT2D eigenvalue weighted by Crippen LogP contribution is -2.30. The molecule has 1 aromatic carbocycles. The molecule has 2 rings (SSSR count). The van der Waals surface area contributed by atoms with E-state index in [-0.39, 0.29) is 0 Å². The number of benzene rings is 1. The van der Waals surface area contributed by atoms with E-state index in [9.17, 15) is 0 Å². The molecule has 0 amide bonds. The van der Waals surface area contributed by atoms with Gasteiger partial charge < -0.3 is 15.2 Å². The van der Waals surface area contributed by atoms with Crippen LogP contribution in [0.4, 0.5) is 0 Å². The molecule has 0 radical (unpaired) electrons. The van der Waals surface area contributed by atoms with Crippen LogP contribution in [0.25, 0.3) is 0 Å². The summed E-state index contributed by atoms with van der Waals surface area (Å²) in [5, 5.41) is 0. The van der Waals surface area contributed by atoms with Gasteiger partial charge in [-0.2, -0.15) is 0 Å². The van der Waals surface area contributed by atoms with Crippen LogP contribution in [0.15, 0.2) is 18.2 Å². The molecule has 2 N–H and O–H groups in total. The molecular formula is C13H19NO2. The van der Waals surface area contributed by atoms with Gasteiger partial charge in [0.1, 0.15) is 11.5 Å². The van der Waals surface area contributed by atoms with Crippen molar-refractivity contribution < 1.29 is 9.47 Å². The topological polar surface area (TPSA) is 44.5 Å². The van der Waals surface area contributed by atoms with E-state index in [1.165, 1.54) is 18.4 Å². The number of methoxy groups -OCH3 is 2. The summed E-state index contributed by atoms with van der Waals surface area (Å²) < 4.78 is 10.7. The molecule has 0 aliphatic heterocycles. The summed E-state index contributed by atoms with van der Waals surface area (Å²) >= 11 is 0. The number of hydrogen-bond acceptors (Lipinski definition) is 3. The maximum absolute atomic E-state index is 5.75. The molecule has 1 aliphatic carbocycles. The first-order chi connectivity index (χ1) is 7.80. The van der Waals surface area contributed by atoms with Crippen molar-refractivity contribution in [3.63, 3.8) is 0 Å². The highest BCUT2D eigenvalue weighted by molar-refractivity contribution is 5.43. The SMILES string of the molecule is COc1ccc(OC)c(C2CCC2CN)c1. The van der Waals surface area contributed by atoms with Crippen LogP contribution in [0.5, 0.6) is 11.5 Å². The molecule has 3 nitrogen and oxygen atoms in total. The highest BCUT2D eigenvalue weighted by Gasteiger charge is 2.33. The van der Waals surface area contributed by atoms with Crippen molar-refractivity contribution in [1.29, 1.82) is 0 Å². The zero-order valence-corrected chi connectivity index (χ0v) is 9.90. The third-order valence-electron chi connectivity index (χ3n) is 3.56. The van der Waals surface area contributed by atoms with E-state index in [1.54, 1.807) is 14.2 Å². The Hall–Kier alpha value is -1.22. The van der Waals surface area contributed by atoms with Crippen molar-refractivity contribution in [2.75, 3.05) is 20.8 Å². The Bertz CT molecular complexity index is 363. The summed E-state index contributed by atoms with van der Waals surface area (Å²) in [5.74, 6) is 2.97. The number of hydrogen-bond donors (Lipinski definition) is 1. The van der Waals surface area contributed by atoms with Gasteiger partial charge in [0.15, 0.2) is 0 Å². The molecule has 88 valence electrons. The molecule has 0 heterocycles. The molecule has 1 saturated carbocycles. The van der Waals surface area contributed by atoms with Crippen molar-refractivity contribution in [2.45, 2.75) is 18.8 Å². The summed E-state index contributed by atoms with van der Waals surface area (Å²) in [4.78, 5) is 0. The van der Waals surface area contributed by atoms with E-state index in [4.69, 9.17) is 15.2 Å². The average molecular weight is 221 g/mol. The van der Waals surface area contributed by atoms with Crippen LogP contribution in [0, 0.1) is 5.92 Å². The summed E-state index contributed by atoms with van der Waals surface area (Å²) in [6.45, 7) is 0.755. The Morgan fingerprint density at radius 1 is 1.25 bits per heavy atom. The van der Waals surface area contributed by atoms with Crippen LogP contribution in [-0.2, 0) is 0 Å². The molecular weight excluding hydrogens is 202 g/mol. The Morgan fingerprint density at radius 3 is 2.56 bits per heavy atom. The van der Waals surface area contributed by atoms with E-state index < -0.39 is 0 Å². The lowest BCUT2D eigenvalue weighted by Gasteiger charge is -2.37. The highest BCUT2D eigenvalue weighted by Crippen LogP contribution is 2.46. The molecule has 0 spiro atoms. The molecule has 2 atom stereocenters. The van der Waals surface area contributed by atoms with E-state index in [2.05, 4.69) is 6.07 Å². The van der Waals surface area contributed by atoms with Crippen LogP contribution >= 0.6 is 0 Å². The van der Waals surface area contributed by atoms with Gasteiger partial charge in [-0.3, -0.25) is 0 Å². The number of ether oxygens (including phenoxy) is 2. The number of nitrogens with two attached hydrogens (primary N) is 1. The molecule has 2 unspecified atom stereocenters. The zero-order valence-electron chi connectivity index (χ0n) is 9.90. The highest BCUT2D eigenvalue weighted by atomic mass is 16.5. The minimum atomic E-state index is 0.537. The Labute approximate surface area is 96.5 Å². The first kappa shape index (κ1) is 11.3. The van der Waals surface area contributed by atoms with Crippen molar-refractivity contribution in [2.24, 2.45) is 11.7 Å². The second-order valence-corrected chi connectivity index (χ2v) is 4.29. The fourth-order valence-corrected chi connectivity index (χ4v) is 2.39. The lowest BCUT2D eigenvalue weighted by molar-refractivity contribution is 0.255. The smallest absolute Gasteiger partial charge is 0.122 e. The van der Waals surface area contributed by atoms with E-state index in [0.717, 1.165) is 18.0 Å². The lowest BCUT2D eigenvalue weighted by atomic mass is 9.70. The van der Waals surface area contributed by atoms with Crippen molar-refractivity contribution in [1.82, 2.24) is 0 Å². The van der Waals surface area contributed by atoms with E-state index >= 15 is 0 Å². The van der Waals surface area contributed by atoms with Crippen LogP contribution < -0.4 is 15.2 Å². The molecule has 1 fully saturated rings. The Balaban J connectivity index is 2.29. The summed E-state index contributed by atoms with van der Waals surface area (Å²) in [7, 11) is 3.40. The Morgan fingerprint density at radius 2 is 2.06 bits per heavy atom. The maximum atomic E-state index is 5.75. The van der Waals surface area contributed by atoms with Gasteiger partial charge in [0.2, 0.25) is 0 Å². The minimum absolute atomic E-state index is 0.537. The van der Waals surface area contributed by atoms with Gasteiger partial charge in [0.05, 0.1) is 14.2 Å². The maximum Gasteiger partial charge on any atom is 0.122 e. The van der Waals surface area contributed by atoms with Crippen LogP contribution in [0.3, 0.4) is 0 Å². The van der Waals surface area contributed by atoms with Gasteiger partial charge in [-0.05, 0) is 49.4 Å². The second-order valence-electron chi connectivity index (χ2n) is 4.29. The summed E-state index contributed by atoms with van der Waals surface area (Å²) in [6.07, 6.45) is 2.42. The molecule has 16 heavy (non-hydrogen) atoms. The van der Waals surface area contributed by atoms with Crippen molar-refractivity contribution >= 4 is 0 Å². The first-order valence-electron chi connectivity index (χ1n) is 5.72. The molecule has 0 saturated heterocycles. The predicted octanol–water partition coefficient (Wildman–Crippen LogP) is 2.16. The molecule has 0 bridgehead atoms. The quantitative estimate of drug-likeness (QED) is 0.847. The minimum Gasteiger partial charge on any atom is -0.497 e. The fraction of sp³-hybridized carbons (Fsp3) is 0.538. The van der Waals surface area contributed by atoms with Crippen LogP contribution in [0.2, 0.25) is 0 Å².